The fourth-order valence-electron chi connectivity index (χ4n) is 1.05. The number of hydrogen-bond acceptors (Lipinski definition) is 1. The lowest BCUT2D eigenvalue weighted by Crippen LogP contribution is -1.99. The molecule has 61 valence electrons. The monoisotopic (exact) mass is 177 g/mol. The van der Waals surface area contributed by atoms with Crippen molar-refractivity contribution in [2.45, 2.75) is 13.8 Å². The van der Waals surface area contributed by atoms with Crippen molar-refractivity contribution in [3.8, 4) is 0 Å². The minimum Gasteiger partial charge on any atom is -0.478 e. The SMILES string of the molecule is Cc1ccc(C(=O)O)c(C)c1.[Al]. The van der Waals surface area contributed by atoms with E-state index in [1.54, 1.807) is 19.1 Å². The molecular weight excluding hydrogens is 167 g/mol. The lowest BCUT2D eigenvalue weighted by atomic mass is 10.1. The Bertz CT molecular complexity index is 295. The van der Waals surface area contributed by atoms with Gasteiger partial charge in [-0.1, -0.05) is 17.7 Å². The minimum atomic E-state index is -0.859. The summed E-state index contributed by atoms with van der Waals surface area (Å²) in [4.78, 5) is 10.5. The first-order chi connectivity index (χ1) is 5.11. The fraction of sp³-hybridized carbons (Fsp3) is 0.222. The van der Waals surface area contributed by atoms with Crippen LogP contribution in [0.2, 0.25) is 0 Å². The Balaban J connectivity index is 0.00000121. The molecule has 2 nitrogen and oxygen atoms in total. The van der Waals surface area contributed by atoms with E-state index < -0.39 is 5.97 Å². The van der Waals surface area contributed by atoms with E-state index in [1.165, 1.54) is 0 Å². The highest BCUT2D eigenvalue weighted by molar-refractivity contribution is 5.89. The van der Waals surface area contributed by atoms with Gasteiger partial charge in [0.1, 0.15) is 0 Å². The topological polar surface area (TPSA) is 37.3 Å². The molecule has 0 aliphatic carbocycles. The van der Waals surface area contributed by atoms with Crippen LogP contribution in [0.25, 0.3) is 0 Å². The van der Waals surface area contributed by atoms with Gasteiger partial charge in [-0.05, 0) is 25.5 Å². The van der Waals surface area contributed by atoms with Crippen molar-refractivity contribution in [3.05, 3.63) is 34.9 Å². The third-order valence-corrected chi connectivity index (χ3v) is 1.61. The molecule has 0 spiro atoms. The largest absolute Gasteiger partial charge is 0.478 e. The summed E-state index contributed by atoms with van der Waals surface area (Å²) in [6.07, 6.45) is 0. The van der Waals surface area contributed by atoms with E-state index >= 15 is 0 Å². The number of aryl methyl sites for hydroxylation is 2. The predicted molar refractivity (Wildman–Crippen MR) is 48.6 cm³/mol. The molecule has 1 rings (SSSR count). The van der Waals surface area contributed by atoms with Crippen LogP contribution in [0.5, 0.6) is 0 Å². The van der Waals surface area contributed by atoms with Crippen molar-refractivity contribution in [2.75, 3.05) is 0 Å². The van der Waals surface area contributed by atoms with Gasteiger partial charge in [-0.25, -0.2) is 4.79 Å². The smallest absolute Gasteiger partial charge is 0.335 e. The molecule has 0 unspecified atom stereocenters. The molecule has 1 N–H and O–H groups in total. The number of carboxylic acid groups (broad SMARTS) is 1. The molecule has 0 aromatic heterocycles. The van der Waals surface area contributed by atoms with Gasteiger partial charge in [-0.15, -0.1) is 0 Å². The average molecular weight is 177 g/mol. The summed E-state index contributed by atoms with van der Waals surface area (Å²) in [5, 5.41) is 8.66. The normalized spacial score (nSPS) is 8.83. The third-order valence-electron chi connectivity index (χ3n) is 1.61. The van der Waals surface area contributed by atoms with Crippen LogP contribution in [-0.4, -0.2) is 28.4 Å². The molecule has 1 aromatic rings. The van der Waals surface area contributed by atoms with Gasteiger partial charge < -0.3 is 5.11 Å². The zero-order valence-corrected chi connectivity index (χ0v) is 8.32. The van der Waals surface area contributed by atoms with Crippen molar-refractivity contribution in [1.82, 2.24) is 0 Å². The molecular formula is C9H10AlO2. The van der Waals surface area contributed by atoms with Crippen molar-refractivity contribution in [1.29, 1.82) is 0 Å². The van der Waals surface area contributed by atoms with Gasteiger partial charge >= 0.3 is 5.97 Å². The summed E-state index contributed by atoms with van der Waals surface area (Å²) in [6, 6.07) is 5.30. The van der Waals surface area contributed by atoms with Gasteiger partial charge in [-0.3, -0.25) is 0 Å². The van der Waals surface area contributed by atoms with Gasteiger partial charge in [0.05, 0.1) is 5.56 Å². The van der Waals surface area contributed by atoms with E-state index in [1.807, 2.05) is 13.0 Å². The second-order valence-corrected chi connectivity index (χ2v) is 2.62. The second-order valence-electron chi connectivity index (χ2n) is 2.62. The molecule has 0 aliphatic rings. The highest BCUT2D eigenvalue weighted by Crippen LogP contribution is 2.09. The molecule has 0 fully saturated rings. The Hall–Kier alpha value is -0.778. The summed E-state index contributed by atoms with van der Waals surface area (Å²) >= 11 is 0. The molecule has 0 heterocycles. The standard InChI is InChI=1S/C9H10O2.Al/c1-6-3-4-8(9(10)11)7(2)5-6;/h3-5H,1-2H3,(H,10,11);. The van der Waals surface area contributed by atoms with Crippen LogP contribution in [0, 0.1) is 13.8 Å². The summed E-state index contributed by atoms with van der Waals surface area (Å²) in [5.41, 5.74) is 2.29. The third kappa shape index (κ3) is 2.37. The molecule has 0 saturated heterocycles. The van der Waals surface area contributed by atoms with Gasteiger partial charge in [0, 0.05) is 17.4 Å². The summed E-state index contributed by atoms with van der Waals surface area (Å²) in [6.45, 7) is 3.75. The van der Waals surface area contributed by atoms with E-state index in [0.717, 1.165) is 11.1 Å². The number of rotatable bonds is 1. The van der Waals surface area contributed by atoms with Crippen LogP contribution in [0.15, 0.2) is 18.2 Å². The molecule has 3 heteroatoms. The Labute approximate surface area is 82.4 Å². The molecule has 12 heavy (non-hydrogen) atoms. The first-order valence-electron chi connectivity index (χ1n) is 3.42. The van der Waals surface area contributed by atoms with Gasteiger partial charge in [-0.2, -0.15) is 0 Å². The zero-order valence-electron chi connectivity index (χ0n) is 7.16. The first kappa shape index (κ1) is 11.2. The van der Waals surface area contributed by atoms with Gasteiger partial charge in [0.2, 0.25) is 0 Å². The highest BCUT2D eigenvalue weighted by atomic mass is 27.0. The number of hydrogen-bond donors (Lipinski definition) is 1. The van der Waals surface area contributed by atoms with Crippen LogP contribution in [0.3, 0.4) is 0 Å². The molecule has 0 bridgehead atoms. The summed E-state index contributed by atoms with van der Waals surface area (Å²) in [7, 11) is 0. The summed E-state index contributed by atoms with van der Waals surface area (Å²) in [5.74, 6) is -0.859. The van der Waals surface area contributed by atoms with Crippen LogP contribution < -0.4 is 0 Å². The highest BCUT2D eigenvalue weighted by Gasteiger charge is 2.04. The Morgan fingerprint density at radius 2 is 1.92 bits per heavy atom. The van der Waals surface area contributed by atoms with E-state index in [2.05, 4.69) is 0 Å². The molecule has 0 saturated carbocycles. The Kier molecular flexibility index (Phi) is 4.02. The average Bonchev–Trinajstić information content (AvgIpc) is 1.85. The number of benzene rings is 1. The molecule has 0 aliphatic heterocycles. The van der Waals surface area contributed by atoms with Crippen LogP contribution in [0.4, 0.5) is 0 Å². The van der Waals surface area contributed by atoms with Crippen molar-refractivity contribution in [2.24, 2.45) is 0 Å². The predicted octanol–water partition coefficient (Wildman–Crippen LogP) is 1.62. The maximum Gasteiger partial charge on any atom is 0.335 e. The van der Waals surface area contributed by atoms with E-state index in [9.17, 15) is 4.79 Å². The van der Waals surface area contributed by atoms with E-state index in [-0.39, 0.29) is 17.4 Å². The van der Waals surface area contributed by atoms with Gasteiger partial charge in [0.15, 0.2) is 0 Å². The number of aromatic carboxylic acids is 1. The number of carboxylic acids is 1. The lowest BCUT2D eigenvalue weighted by molar-refractivity contribution is 0.0696. The second kappa shape index (κ2) is 4.30. The Morgan fingerprint density at radius 1 is 1.33 bits per heavy atom. The van der Waals surface area contributed by atoms with E-state index in [4.69, 9.17) is 5.11 Å². The first-order valence-corrected chi connectivity index (χ1v) is 3.42. The number of carbonyl (C=O) groups is 1. The minimum absolute atomic E-state index is 0. The quantitative estimate of drug-likeness (QED) is 0.662. The zero-order chi connectivity index (χ0) is 8.43. The molecule has 3 radical (unpaired) electrons. The molecule has 0 atom stereocenters. The maximum absolute atomic E-state index is 10.5. The van der Waals surface area contributed by atoms with Crippen molar-refractivity contribution in [3.63, 3.8) is 0 Å². The van der Waals surface area contributed by atoms with Crippen molar-refractivity contribution < 1.29 is 9.90 Å². The maximum atomic E-state index is 10.5. The summed E-state index contributed by atoms with van der Waals surface area (Å²) < 4.78 is 0. The molecule has 1 aromatic carbocycles. The van der Waals surface area contributed by atoms with Crippen molar-refractivity contribution >= 4 is 23.3 Å². The van der Waals surface area contributed by atoms with Crippen LogP contribution in [0.1, 0.15) is 21.5 Å². The van der Waals surface area contributed by atoms with E-state index in [0.29, 0.717) is 5.56 Å². The van der Waals surface area contributed by atoms with Gasteiger partial charge in [0.25, 0.3) is 0 Å². The fourth-order valence-corrected chi connectivity index (χ4v) is 1.05. The Morgan fingerprint density at radius 3 is 2.33 bits per heavy atom. The lowest BCUT2D eigenvalue weighted by Gasteiger charge is -2.00. The van der Waals surface area contributed by atoms with Crippen LogP contribution in [-0.2, 0) is 0 Å². The molecule has 0 amide bonds. The van der Waals surface area contributed by atoms with Crippen LogP contribution >= 0.6 is 0 Å².